The molecule has 0 radical (unpaired) electrons. The summed E-state index contributed by atoms with van der Waals surface area (Å²) < 4.78 is 5.42. The molecule has 5 nitrogen and oxygen atoms in total. The fourth-order valence-corrected chi connectivity index (χ4v) is 3.46. The van der Waals surface area contributed by atoms with E-state index in [2.05, 4.69) is 11.1 Å². The van der Waals surface area contributed by atoms with Crippen LogP contribution in [0.15, 0.2) is 12.3 Å². The molecule has 21 heavy (non-hydrogen) atoms. The van der Waals surface area contributed by atoms with E-state index in [1.165, 1.54) is 11.1 Å². The van der Waals surface area contributed by atoms with Crippen LogP contribution in [0.25, 0.3) is 0 Å². The normalized spacial score (nSPS) is 28.5. The lowest BCUT2D eigenvalue weighted by atomic mass is 9.83. The van der Waals surface area contributed by atoms with Gasteiger partial charge >= 0.3 is 0 Å². The van der Waals surface area contributed by atoms with E-state index < -0.39 is 0 Å². The summed E-state index contributed by atoms with van der Waals surface area (Å²) in [7, 11) is 1.68. The van der Waals surface area contributed by atoms with Crippen LogP contribution in [-0.4, -0.2) is 35.0 Å². The molecule has 0 unspecified atom stereocenters. The molecule has 0 aromatic carbocycles. The van der Waals surface area contributed by atoms with Crippen molar-refractivity contribution in [3.05, 3.63) is 29.1 Å². The summed E-state index contributed by atoms with van der Waals surface area (Å²) in [5, 5.41) is 0. The average Bonchev–Trinajstić information content (AvgIpc) is 2.90. The number of ether oxygens (including phenoxy) is 1. The highest BCUT2D eigenvalue weighted by Gasteiger charge is 2.35. The highest BCUT2D eigenvalue weighted by atomic mass is 16.5. The SMILES string of the molecule is CO[C@@H]1C[C@@H](C(=O)N2Cc3cnc(C)cc3C2)CC[C@H]1N. The maximum absolute atomic E-state index is 12.7. The van der Waals surface area contributed by atoms with Crippen LogP contribution in [0.5, 0.6) is 0 Å². The van der Waals surface area contributed by atoms with E-state index in [4.69, 9.17) is 10.5 Å². The first kappa shape index (κ1) is 14.5. The largest absolute Gasteiger partial charge is 0.380 e. The second-order valence-corrected chi connectivity index (χ2v) is 6.24. The van der Waals surface area contributed by atoms with E-state index in [0.29, 0.717) is 13.1 Å². The molecule has 0 spiro atoms. The van der Waals surface area contributed by atoms with E-state index in [0.717, 1.165) is 25.0 Å². The third-order valence-corrected chi connectivity index (χ3v) is 4.75. The molecule has 1 saturated carbocycles. The molecule has 1 aliphatic carbocycles. The Morgan fingerprint density at radius 3 is 2.90 bits per heavy atom. The minimum absolute atomic E-state index is 0.00147. The van der Waals surface area contributed by atoms with E-state index in [1.54, 1.807) is 7.11 Å². The Bertz CT molecular complexity index is 546. The number of aromatic nitrogens is 1. The van der Waals surface area contributed by atoms with E-state index in [-0.39, 0.29) is 24.0 Å². The van der Waals surface area contributed by atoms with Crippen molar-refractivity contribution in [2.75, 3.05) is 7.11 Å². The molecule has 3 rings (SSSR count). The number of nitrogens with zero attached hydrogens (tertiary/aromatic N) is 2. The molecular weight excluding hydrogens is 266 g/mol. The molecule has 114 valence electrons. The summed E-state index contributed by atoms with van der Waals surface area (Å²) in [4.78, 5) is 19.0. The van der Waals surface area contributed by atoms with Gasteiger partial charge in [-0.2, -0.15) is 0 Å². The number of methoxy groups -OCH3 is 1. The zero-order chi connectivity index (χ0) is 15.0. The Hall–Kier alpha value is -1.46. The van der Waals surface area contributed by atoms with Gasteiger partial charge in [-0.25, -0.2) is 0 Å². The van der Waals surface area contributed by atoms with Gasteiger partial charge in [-0.3, -0.25) is 9.78 Å². The van der Waals surface area contributed by atoms with Crippen LogP contribution in [0.4, 0.5) is 0 Å². The van der Waals surface area contributed by atoms with Crippen molar-refractivity contribution >= 4 is 5.91 Å². The van der Waals surface area contributed by atoms with Gasteiger partial charge in [0, 0.05) is 44.0 Å². The lowest BCUT2D eigenvalue weighted by Crippen LogP contribution is -2.45. The molecule has 3 atom stereocenters. The number of carbonyl (C=O) groups is 1. The van der Waals surface area contributed by atoms with Crippen LogP contribution in [0.2, 0.25) is 0 Å². The van der Waals surface area contributed by atoms with Crippen molar-refractivity contribution in [1.29, 1.82) is 0 Å². The molecule has 0 saturated heterocycles. The van der Waals surface area contributed by atoms with Crippen LogP contribution in [0, 0.1) is 12.8 Å². The third-order valence-electron chi connectivity index (χ3n) is 4.75. The Balaban J connectivity index is 1.67. The highest BCUT2D eigenvalue weighted by molar-refractivity contribution is 5.79. The molecule has 2 heterocycles. The second-order valence-electron chi connectivity index (χ2n) is 6.24. The Labute approximate surface area is 125 Å². The van der Waals surface area contributed by atoms with Crippen LogP contribution in [-0.2, 0) is 22.6 Å². The molecule has 2 N–H and O–H groups in total. The van der Waals surface area contributed by atoms with Gasteiger partial charge in [-0.15, -0.1) is 0 Å². The minimum Gasteiger partial charge on any atom is -0.380 e. The van der Waals surface area contributed by atoms with E-state index in [1.807, 2.05) is 18.0 Å². The van der Waals surface area contributed by atoms with Gasteiger partial charge in [0.15, 0.2) is 0 Å². The fraction of sp³-hybridized carbons (Fsp3) is 0.625. The predicted molar refractivity (Wildman–Crippen MR) is 79.3 cm³/mol. The number of hydrogen-bond donors (Lipinski definition) is 1. The average molecular weight is 289 g/mol. The summed E-state index contributed by atoms with van der Waals surface area (Å²) in [5.74, 6) is 0.274. The molecule has 5 heteroatoms. The number of nitrogens with two attached hydrogens (primary N) is 1. The molecule has 1 aromatic rings. The molecule has 0 bridgehead atoms. The monoisotopic (exact) mass is 289 g/mol. The zero-order valence-electron chi connectivity index (χ0n) is 12.7. The Kier molecular flexibility index (Phi) is 3.95. The number of aryl methyl sites for hydroxylation is 1. The summed E-state index contributed by atoms with van der Waals surface area (Å²) in [6.45, 7) is 3.37. The summed E-state index contributed by atoms with van der Waals surface area (Å²) in [6, 6.07) is 2.14. The number of fused-ring (bicyclic) bond motifs is 1. The van der Waals surface area contributed by atoms with E-state index >= 15 is 0 Å². The first-order chi connectivity index (χ1) is 10.1. The van der Waals surface area contributed by atoms with Crippen LogP contribution in [0.1, 0.15) is 36.1 Å². The molecule has 1 aromatic heterocycles. The minimum atomic E-state index is 0.00147. The van der Waals surface area contributed by atoms with Crippen molar-refractivity contribution in [2.45, 2.75) is 51.4 Å². The summed E-state index contributed by atoms with van der Waals surface area (Å²) in [6.07, 6.45) is 4.36. The van der Waals surface area contributed by atoms with Gasteiger partial charge < -0.3 is 15.4 Å². The lowest BCUT2D eigenvalue weighted by Gasteiger charge is -2.34. The van der Waals surface area contributed by atoms with Crippen LogP contribution in [0.3, 0.4) is 0 Å². The van der Waals surface area contributed by atoms with Gasteiger partial charge in [0.2, 0.25) is 5.91 Å². The Morgan fingerprint density at radius 2 is 2.14 bits per heavy atom. The van der Waals surface area contributed by atoms with Crippen molar-refractivity contribution < 1.29 is 9.53 Å². The molecule has 2 aliphatic rings. The first-order valence-electron chi connectivity index (χ1n) is 7.60. The van der Waals surface area contributed by atoms with Gasteiger partial charge in [-0.1, -0.05) is 0 Å². The smallest absolute Gasteiger partial charge is 0.226 e. The maximum atomic E-state index is 12.7. The number of amides is 1. The number of pyridine rings is 1. The van der Waals surface area contributed by atoms with Gasteiger partial charge in [-0.05, 0) is 43.4 Å². The van der Waals surface area contributed by atoms with Crippen molar-refractivity contribution in [1.82, 2.24) is 9.88 Å². The highest BCUT2D eigenvalue weighted by Crippen LogP contribution is 2.30. The fourth-order valence-electron chi connectivity index (χ4n) is 3.46. The first-order valence-corrected chi connectivity index (χ1v) is 7.60. The molecule has 1 aliphatic heterocycles. The topological polar surface area (TPSA) is 68.5 Å². The standard InChI is InChI=1S/C16H23N3O2/c1-10-5-12-8-19(9-13(12)7-18-10)16(20)11-3-4-14(17)15(6-11)21-2/h5,7,11,14-15H,3-4,6,8-9,17H2,1-2H3/t11-,14+,15+/m0/s1. The predicted octanol–water partition coefficient (Wildman–Crippen LogP) is 1.37. The number of hydrogen-bond acceptors (Lipinski definition) is 4. The van der Waals surface area contributed by atoms with Gasteiger partial charge in [0.05, 0.1) is 6.10 Å². The Morgan fingerprint density at radius 1 is 1.38 bits per heavy atom. The summed E-state index contributed by atoms with van der Waals surface area (Å²) in [5.41, 5.74) is 9.44. The maximum Gasteiger partial charge on any atom is 0.226 e. The quantitative estimate of drug-likeness (QED) is 0.893. The third kappa shape index (κ3) is 2.80. The van der Waals surface area contributed by atoms with Gasteiger partial charge in [0.25, 0.3) is 0 Å². The van der Waals surface area contributed by atoms with Crippen molar-refractivity contribution in [3.63, 3.8) is 0 Å². The second kappa shape index (κ2) is 5.73. The molecular formula is C16H23N3O2. The van der Waals surface area contributed by atoms with Crippen molar-refractivity contribution in [2.24, 2.45) is 11.7 Å². The lowest BCUT2D eigenvalue weighted by molar-refractivity contribution is -0.139. The van der Waals surface area contributed by atoms with E-state index in [9.17, 15) is 4.79 Å². The molecule has 1 fully saturated rings. The van der Waals surface area contributed by atoms with Crippen LogP contribution >= 0.6 is 0 Å². The number of rotatable bonds is 2. The number of carbonyl (C=O) groups excluding carboxylic acids is 1. The zero-order valence-corrected chi connectivity index (χ0v) is 12.7. The summed E-state index contributed by atoms with van der Waals surface area (Å²) >= 11 is 0. The molecule has 1 amide bonds. The van der Waals surface area contributed by atoms with Gasteiger partial charge in [0.1, 0.15) is 0 Å². The van der Waals surface area contributed by atoms with Crippen LogP contribution < -0.4 is 5.73 Å². The van der Waals surface area contributed by atoms with Crippen molar-refractivity contribution in [3.8, 4) is 0 Å².